The maximum atomic E-state index is 12.5. The largest absolute Gasteiger partial charge is 0.497 e. The molecule has 1 aromatic carbocycles. The maximum absolute atomic E-state index is 12.5. The van der Waals surface area contributed by atoms with E-state index in [-0.39, 0.29) is 18.3 Å². The molecule has 0 atom stereocenters. The van der Waals surface area contributed by atoms with E-state index < -0.39 is 5.97 Å². The Balaban J connectivity index is 1.57. The summed E-state index contributed by atoms with van der Waals surface area (Å²) in [6, 6.07) is 7.56. The molecule has 0 bridgehead atoms. The van der Waals surface area contributed by atoms with Crippen LogP contribution in [-0.4, -0.2) is 66.4 Å². The van der Waals surface area contributed by atoms with E-state index in [2.05, 4.69) is 19.8 Å². The Morgan fingerprint density at radius 1 is 1.26 bits per heavy atom. The molecule has 1 aliphatic rings. The second-order valence-electron chi connectivity index (χ2n) is 5.78. The zero-order chi connectivity index (χ0) is 19.2. The van der Waals surface area contributed by atoms with Crippen LogP contribution in [0.3, 0.4) is 0 Å². The normalized spacial score (nSPS) is 14.0. The second kappa shape index (κ2) is 8.67. The molecule has 0 aliphatic carbocycles. The zero-order valence-corrected chi connectivity index (χ0v) is 16.0. The van der Waals surface area contributed by atoms with Gasteiger partial charge < -0.3 is 19.3 Å². The lowest BCUT2D eigenvalue weighted by Crippen LogP contribution is -2.50. The number of nitrogens with zero attached hydrogens (tertiary/aromatic N) is 4. The van der Waals surface area contributed by atoms with Gasteiger partial charge in [0.2, 0.25) is 5.69 Å². The lowest BCUT2D eigenvalue weighted by molar-refractivity contribution is 0.0520. The van der Waals surface area contributed by atoms with Crippen molar-refractivity contribution in [2.75, 3.05) is 50.1 Å². The van der Waals surface area contributed by atoms with Crippen molar-refractivity contribution in [1.29, 1.82) is 0 Å². The minimum absolute atomic E-state index is 0.0326. The summed E-state index contributed by atoms with van der Waals surface area (Å²) in [5, 5.41) is 6.75. The molecule has 144 valence electrons. The van der Waals surface area contributed by atoms with Crippen LogP contribution in [0.15, 0.2) is 24.3 Å². The van der Waals surface area contributed by atoms with Crippen LogP contribution in [0.2, 0.25) is 0 Å². The van der Waals surface area contributed by atoms with Crippen molar-refractivity contribution in [1.82, 2.24) is 14.5 Å². The van der Waals surface area contributed by atoms with Crippen molar-refractivity contribution in [2.45, 2.75) is 6.92 Å². The van der Waals surface area contributed by atoms with Gasteiger partial charge in [-0.3, -0.25) is 5.32 Å². The van der Waals surface area contributed by atoms with Crippen molar-refractivity contribution in [2.24, 2.45) is 0 Å². The summed E-state index contributed by atoms with van der Waals surface area (Å²) in [5.74, 6) is 0.209. The molecule has 9 nitrogen and oxygen atoms in total. The van der Waals surface area contributed by atoms with Crippen molar-refractivity contribution < 1.29 is 19.1 Å². The summed E-state index contributed by atoms with van der Waals surface area (Å²) in [7, 11) is 1.64. The number of carbonyl (C=O) groups excluding carboxylic acids is 2. The van der Waals surface area contributed by atoms with Gasteiger partial charge in [0, 0.05) is 49.5 Å². The first-order chi connectivity index (χ1) is 13.1. The van der Waals surface area contributed by atoms with E-state index in [1.54, 1.807) is 18.9 Å². The average Bonchev–Trinajstić information content (AvgIpc) is 3.16. The van der Waals surface area contributed by atoms with Crippen LogP contribution in [0.5, 0.6) is 5.75 Å². The fourth-order valence-electron chi connectivity index (χ4n) is 2.76. The molecule has 0 saturated carbocycles. The van der Waals surface area contributed by atoms with Gasteiger partial charge >= 0.3 is 12.0 Å². The molecular weight excluding hydrogens is 370 g/mol. The fraction of sp³-hybridized carbons (Fsp3) is 0.412. The maximum Gasteiger partial charge on any atom is 0.362 e. The number of aromatic nitrogens is 2. The topological polar surface area (TPSA) is 96.9 Å². The van der Waals surface area contributed by atoms with Gasteiger partial charge in [0.15, 0.2) is 5.00 Å². The molecule has 1 aromatic heterocycles. The number of esters is 1. The predicted molar refractivity (Wildman–Crippen MR) is 102 cm³/mol. The number of hydrogen-bond acceptors (Lipinski definition) is 8. The van der Waals surface area contributed by atoms with Gasteiger partial charge in [0.1, 0.15) is 5.75 Å². The van der Waals surface area contributed by atoms with E-state index in [0.717, 1.165) is 23.0 Å². The number of methoxy groups -OCH3 is 1. The summed E-state index contributed by atoms with van der Waals surface area (Å²) < 4.78 is 13.9. The Hall–Kier alpha value is -2.88. The van der Waals surface area contributed by atoms with Gasteiger partial charge in [0.25, 0.3) is 0 Å². The lowest BCUT2D eigenvalue weighted by Gasteiger charge is -2.36. The molecule has 1 N–H and O–H groups in total. The summed E-state index contributed by atoms with van der Waals surface area (Å²) in [6.07, 6.45) is 0. The fourth-order valence-corrected chi connectivity index (χ4v) is 3.30. The Kier molecular flexibility index (Phi) is 6.07. The quantitative estimate of drug-likeness (QED) is 0.780. The van der Waals surface area contributed by atoms with Crippen LogP contribution in [-0.2, 0) is 4.74 Å². The Labute approximate surface area is 161 Å². The standard InChI is InChI=1S/C17H21N5O4S/c1-3-26-16(23)14-15(27-20-19-14)18-17(24)22-9-7-21(8-10-22)12-5-4-6-13(11-12)25-2/h4-6,11H,3,7-10H2,1-2H3,(H,18,24). The highest BCUT2D eigenvalue weighted by Gasteiger charge is 2.25. The monoisotopic (exact) mass is 391 g/mol. The number of ether oxygens (including phenoxy) is 2. The van der Waals surface area contributed by atoms with E-state index in [1.165, 1.54) is 0 Å². The molecule has 2 aromatic rings. The molecule has 1 fully saturated rings. The summed E-state index contributed by atoms with van der Waals surface area (Å²) >= 11 is 0.953. The third-order valence-corrected chi connectivity index (χ3v) is 4.80. The first kappa shape index (κ1) is 18.9. The second-order valence-corrected chi connectivity index (χ2v) is 6.53. The zero-order valence-electron chi connectivity index (χ0n) is 15.2. The molecule has 1 aliphatic heterocycles. The Morgan fingerprint density at radius 2 is 2.04 bits per heavy atom. The highest BCUT2D eigenvalue weighted by molar-refractivity contribution is 7.10. The van der Waals surface area contributed by atoms with Gasteiger partial charge in [-0.1, -0.05) is 10.6 Å². The highest BCUT2D eigenvalue weighted by Crippen LogP contribution is 2.23. The number of piperazine rings is 1. The number of anilines is 2. The van der Waals surface area contributed by atoms with Crippen LogP contribution in [0.25, 0.3) is 0 Å². The lowest BCUT2D eigenvalue weighted by atomic mass is 10.2. The van der Waals surface area contributed by atoms with E-state index in [4.69, 9.17) is 9.47 Å². The van der Waals surface area contributed by atoms with E-state index in [1.807, 2.05) is 24.3 Å². The van der Waals surface area contributed by atoms with Gasteiger partial charge in [-0.25, -0.2) is 9.59 Å². The number of amides is 2. The van der Waals surface area contributed by atoms with Gasteiger partial charge in [-0.05, 0) is 19.1 Å². The molecule has 2 heterocycles. The van der Waals surface area contributed by atoms with Crippen LogP contribution in [0.1, 0.15) is 17.4 Å². The van der Waals surface area contributed by atoms with Gasteiger partial charge in [-0.2, -0.15) is 0 Å². The van der Waals surface area contributed by atoms with E-state index in [9.17, 15) is 9.59 Å². The van der Waals surface area contributed by atoms with Gasteiger partial charge in [0.05, 0.1) is 13.7 Å². The van der Waals surface area contributed by atoms with Crippen molar-refractivity contribution >= 4 is 34.2 Å². The minimum Gasteiger partial charge on any atom is -0.497 e. The first-order valence-corrected chi connectivity index (χ1v) is 9.34. The molecule has 3 rings (SSSR count). The third-order valence-electron chi connectivity index (χ3n) is 4.16. The molecule has 1 saturated heterocycles. The van der Waals surface area contributed by atoms with Gasteiger partial charge in [-0.15, -0.1) is 5.10 Å². The molecule has 10 heteroatoms. The molecule has 2 amide bonds. The number of rotatable bonds is 5. The van der Waals surface area contributed by atoms with Crippen molar-refractivity contribution in [3.63, 3.8) is 0 Å². The third kappa shape index (κ3) is 4.45. The number of hydrogen-bond donors (Lipinski definition) is 1. The molecule has 0 spiro atoms. The number of carbonyl (C=O) groups is 2. The summed E-state index contributed by atoms with van der Waals surface area (Å²) in [5.41, 5.74) is 1.09. The molecule has 27 heavy (non-hydrogen) atoms. The predicted octanol–water partition coefficient (Wildman–Crippen LogP) is 2.08. The molecule has 0 radical (unpaired) electrons. The van der Waals surface area contributed by atoms with Crippen LogP contribution < -0.4 is 15.0 Å². The van der Waals surface area contributed by atoms with Crippen molar-refractivity contribution in [3.05, 3.63) is 30.0 Å². The SMILES string of the molecule is CCOC(=O)c1nnsc1NC(=O)N1CCN(c2cccc(OC)c2)CC1. The molecular formula is C17H21N5O4S. The summed E-state index contributed by atoms with van der Waals surface area (Å²) in [6.45, 7) is 4.46. The smallest absolute Gasteiger partial charge is 0.362 e. The van der Waals surface area contributed by atoms with Crippen LogP contribution >= 0.6 is 11.5 Å². The average molecular weight is 391 g/mol. The number of urea groups is 1. The van der Waals surface area contributed by atoms with E-state index >= 15 is 0 Å². The molecule has 0 unspecified atom stereocenters. The first-order valence-electron chi connectivity index (χ1n) is 8.56. The van der Waals surface area contributed by atoms with Crippen LogP contribution in [0, 0.1) is 0 Å². The Bertz CT molecular complexity index is 804. The van der Waals surface area contributed by atoms with Crippen LogP contribution in [0.4, 0.5) is 15.5 Å². The number of benzene rings is 1. The Morgan fingerprint density at radius 3 is 2.74 bits per heavy atom. The number of nitrogens with one attached hydrogen (secondary N) is 1. The highest BCUT2D eigenvalue weighted by atomic mass is 32.1. The van der Waals surface area contributed by atoms with E-state index in [0.29, 0.717) is 31.2 Å². The summed E-state index contributed by atoms with van der Waals surface area (Å²) in [4.78, 5) is 28.3. The van der Waals surface area contributed by atoms with Crippen molar-refractivity contribution in [3.8, 4) is 5.75 Å². The minimum atomic E-state index is -0.593.